The van der Waals surface area contributed by atoms with Gasteiger partial charge in [0.2, 0.25) is 0 Å². The first-order chi connectivity index (χ1) is 6.75. The maximum atomic E-state index is 11.5. The second kappa shape index (κ2) is 6.58. The summed E-state index contributed by atoms with van der Waals surface area (Å²) in [5.74, 6) is 4.13. The fourth-order valence-corrected chi connectivity index (χ4v) is 3.57. The van der Waals surface area contributed by atoms with E-state index in [0.717, 1.165) is 11.8 Å². The van der Waals surface area contributed by atoms with Gasteiger partial charge in [0.25, 0.3) is 0 Å². The van der Waals surface area contributed by atoms with E-state index in [9.17, 15) is 4.79 Å². The van der Waals surface area contributed by atoms with Crippen LogP contribution in [-0.2, 0) is 9.53 Å². The number of hydrogen-bond acceptors (Lipinski definition) is 5. The predicted octanol–water partition coefficient (Wildman–Crippen LogP) is 1.64. The molecule has 0 aromatic heterocycles. The Kier molecular flexibility index (Phi) is 5.74. The molecule has 1 aliphatic heterocycles. The van der Waals surface area contributed by atoms with E-state index in [0.29, 0.717) is 6.61 Å². The van der Waals surface area contributed by atoms with Crippen LogP contribution in [0.2, 0.25) is 0 Å². The van der Waals surface area contributed by atoms with Crippen LogP contribution in [0, 0.1) is 0 Å². The van der Waals surface area contributed by atoms with E-state index in [4.69, 9.17) is 4.74 Å². The number of nitrogens with zero attached hydrogens (tertiary/aromatic N) is 1. The van der Waals surface area contributed by atoms with Gasteiger partial charge in [0.15, 0.2) is 0 Å². The van der Waals surface area contributed by atoms with Crippen molar-refractivity contribution >= 4 is 29.5 Å². The fourth-order valence-electron chi connectivity index (χ4n) is 1.15. The van der Waals surface area contributed by atoms with Crippen LogP contribution in [0.15, 0.2) is 0 Å². The van der Waals surface area contributed by atoms with Gasteiger partial charge in [0, 0.05) is 23.3 Å². The highest BCUT2D eigenvalue weighted by Crippen LogP contribution is 2.19. The molecule has 1 heterocycles. The number of carbonyl (C=O) groups excluding carboxylic acids is 1. The van der Waals surface area contributed by atoms with Gasteiger partial charge < -0.3 is 4.74 Å². The minimum Gasteiger partial charge on any atom is -0.465 e. The Morgan fingerprint density at radius 1 is 1.43 bits per heavy atom. The molecule has 1 atom stereocenters. The fraction of sp³-hybridized carbons (Fsp3) is 0.889. The van der Waals surface area contributed by atoms with Crippen LogP contribution in [0.1, 0.15) is 13.8 Å². The molecule has 0 radical (unpaired) electrons. The van der Waals surface area contributed by atoms with E-state index in [-0.39, 0.29) is 12.0 Å². The average molecular weight is 235 g/mol. The Morgan fingerprint density at radius 3 is 2.50 bits per heavy atom. The predicted molar refractivity (Wildman–Crippen MR) is 62.6 cm³/mol. The first-order valence-electron chi connectivity index (χ1n) is 4.82. The second-order valence-corrected chi connectivity index (χ2v) is 5.24. The van der Waals surface area contributed by atoms with E-state index in [1.807, 2.05) is 37.4 Å². The first kappa shape index (κ1) is 12.2. The molecule has 0 bridgehead atoms. The van der Waals surface area contributed by atoms with Crippen LogP contribution < -0.4 is 0 Å². The Bertz CT molecular complexity index is 182. The molecule has 0 aliphatic carbocycles. The molecular weight excluding hydrogens is 218 g/mol. The summed E-state index contributed by atoms with van der Waals surface area (Å²) in [6, 6.07) is -0.104. The van der Waals surface area contributed by atoms with E-state index in [1.165, 1.54) is 11.5 Å². The molecule has 0 amide bonds. The van der Waals surface area contributed by atoms with Crippen LogP contribution in [0.4, 0.5) is 0 Å². The van der Waals surface area contributed by atoms with E-state index in [2.05, 4.69) is 4.90 Å². The first-order valence-corrected chi connectivity index (χ1v) is 7.12. The summed E-state index contributed by atoms with van der Waals surface area (Å²) < 4.78 is 5.00. The summed E-state index contributed by atoms with van der Waals surface area (Å²) in [7, 11) is 0. The highest BCUT2D eigenvalue weighted by atomic mass is 32.2. The third-order valence-electron chi connectivity index (χ3n) is 2.06. The molecule has 1 saturated heterocycles. The minimum absolute atomic E-state index is 0.101. The molecule has 0 aromatic rings. The smallest absolute Gasteiger partial charge is 0.323 e. The third kappa shape index (κ3) is 3.71. The van der Waals surface area contributed by atoms with Crippen molar-refractivity contribution in [2.75, 3.05) is 29.9 Å². The van der Waals surface area contributed by atoms with Crippen LogP contribution in [0.5, 0.6) is 0 Å². The summed E-state index contributed by atoms with van der Waals surface area (Å²) in [5.41, 5.74) is 0. The second-order valence-electron chi connectivity index (χ2n) is 3.09. The quantitative estimate of drug-likeness (QED) is 0.694. The zero-order valence-electron chi connectivity index (χ0n) is 8.69. The number of rotatable bonds is 3. The standard InChI is InChI=1S/C9H17NO2S2/c1-3-12-9(11)8(2)10-6-13-4-5-14-7-10/h8H,3-7H2,1-2H3. The van der Waals surface area contributed by atoms with Gasteiger partial charge in [-0.1, -0.05) is 0 Å². The number of thioether (sulfide) groups is 2. The van der Waals surface area contributed by atoms with Gasteiger partial charge in [-0.3, -0.25) is 9.69 Å². The molecule has 1 unspecified atom stereocenters. The summed E-state index contributed by atoms with van der Waals surface area (Å²) >= 11 is 3.77. The minimum atomic E-state index is -0.104. The Morgan fingerprint density at radius 2 is 2.00 bits per heavy atom. The zero-order valence-corrected chi connectivity index (χ0v) is 10.3. The Balaban J connectivity index is 2.40. The molecule has 3 nitrogen and oxygen atoms in total. The van der Waals surface area contributed by atoms with E-state index < -0.39 is 0 Å². The van der Waals surface area contributed by atoms with Crippen molar-refractivity contribution in [2.45, 2.75) is 19.9 Å². The molecule has 5 heteroatoms. The van der Waals surface area contributed by atoms with E-state index >= 15 is 0 Å². The molecular formula is C9H17NO2S2. The molecule has 0 N–H and O–H groups in total. The van der Waals surface area contributed by atoms with Crippen LogP contribution in [0.25, 0.3) is 0 Å². The van der Waals surface area contributed by atoms with Gasteiger partial charge in [-0.2, -0.15) is 0 Å². The number of ether oxygens (including phenoxy) is 1. The van der Waals surface area contributed by atoms with Gasteiger partial charge in [0.05, 0.1) is 6.61 Å². The summed E-state index contributed by atoms with van der Waals surface area (Å²) in [6.07, 6.45) is 0. The van der Waals surface area contributed by atoms with Gasteiger partial charge in [-0.05, 0) is 13.8 Å². The van der Waals surface area contributed by atoms with Crippen LogP contribution >= 0.6 is 23.5 Å². The van der Waals surface area contributed by atoms with Crippen LogP contribution in [-0.4, -0.2) is 46.8 Å². The highest BCUT2D eigenvalue weighted by molar-refractivity contribution is 8.03. The maximum absolute atomic E-state index is 11.5. The SMILES string of the molecule is CCOC(=O)C(C)N1CSCCSC1. The number of esters is 1. The normalized spacial score (nSPS) is 21.3. The monoisotopic (exact) mass is 235 g/mol. The lowest BCUT2D eigenvalue weighted by atomic mass is 10.3. The molecule has 1 rings (SSSR count). The summed E-state index contributed by atoms with van der Waals surface area (Å²) in [5, 5.41) is 0. The van der Waals surface area contributed by atoms with Crippen molar-refractivity contribution in [3.05, 3.63) is 0 Å². The molecule has 14 heavy (non-hydrogen) atoms. The largest absolute Gasteiger partial charge is 0.465 e. The van der Waals surface area contributed by atoms with E-state index in [1.54, 1.807) is 0 Å². The third-order valence-corrected chi connectivity index (χ3v) is 4.33. The molecule has 1 aliphatic rings. The summed E-state index contributed by atoms with van der Waals surface area (Å²) in [4.78, 5) is 13.6. The van der Waals surface area contributed by atoms with Crippen molar-refractivity contribution in [2.24, 2.45) is 0 Å². The van der Waals surface area contributed by atoms with Gasteiger partial charge in [0.1, 0.15) is 6.04 Å². The molecule has 1 fully saturated rings. The van der Waals surface area contributed by atoms with Gasteiger partial charge in [-0.25, -0.2) is 0 Å². The number of carbonyl (C=O) groups is 1. The Labute approximate surface area is 93.9 Å². The van der Waals surface area contributed by atoms with Crippen molar-refractivity contribution in [3.63, 3.8) is 0 Å². The summed E-state index contributed by atoms with van der Waals surface area (Å²) in [6.45, 7) is 4.23. The van der Waals surface area contributed by atoms with Gasteiger partial charge in [-0.15, -0.1) is 23.5 Å². The van der Waals surface area contributed by atoms with Crippen molar-refractivity contribution in [1.82, 2.24) is 4.90 Å². The van der Waals surface area contributed by atoms with Crippen molar-refractivity contribution in [3.8, 4) is 0 Å². The zero-order chi connectivity index (χ0) is 10.4. The lowest BCUT2D eigenvalue weighted by Gasteiger charge is -2.24. The highest BCUT2D eigenvalue weighted by Gasteiger charge is 2.23. The van der Waals surface area contributed by atoms with Gasteiger partial charge >= 0.3 is 5.97 Å². The maximum Gasteiger partial charge on any atom is 0.323 e. The van der Waals surface area contributed by atoms with Crippen molar-refractivity contribution < 1.29 is 9.53 Å². The molecule has 0 aromatic carbocycles. The lowest BCUT2D eigenvalue weighted by molar-refractivity contribution is -0.148. The number of hydrogen-bond donors (Lipinski definition) is 0. The lowest BCUT2D eigenvalue weighted by Crippen LogP contribution is -2.39. The average Bonchev–Trinajstić information content (AvgIpc) is 2.45. The topological polar surface area (TPSA) is 29.5 Å². The van der Waals surface area contributed by atoms with Crippen LogP contribution in [0.3, 0.4) is 0 Å². The molecule has 0 saturated carbocycles. The molecule has 0 spiro atoms. The van der Waals surface area contributed by atoms with Crippen molar-refractivity contribution in [1.29, 1.82) is 0 Å². The Hall–Kier alpha value is 0.130. The molecule has 82 valence electrons.